The third-order valence-corrected chi connectivity index (χ3v) is 8.16. The first-order valence-electron chi connectivity index (χ1n) is 11.1. The number of hydrogen-bond donors (Lipinski definition) is 0. The lowest BCUT2D eigenvalue weighted by molar-refractivity contribution is -0.173. The Hall–Kier alpha value is -2.98. The molecule has 0 fully saturated rings. The van der Waals surface area contributed by atoms with Crippen molar-refractivity contribution in [1.82, 2.24) is 9.58 Å². The summed E-state index contributed by atoms with van der Waals surface area (Å²) in [6, 6.07) is 7.91. The Morgan fingerprint density at radius 1 is 1.11 bits per heavy atom. The van der Waals surface area contributed by atoms with E-state index in [1.807, 2.05) is 0 Å². The lowest BCUT2D eigenvalue weighted by Crippen LogP contribution is -2.60. The Balaban J connectivity index is 1.80. The second kappa shape index (κ2) is 8.85. The molecule has 0 saturated carbocycles. The topological polar surface area (TPSA) is 45.6 Å². The molecule has 1 amide bonds. The van der Waals surface area contributed by atoms with E-state index in [9.17, 15) is 27.2 Å². The van der Waals surface area contributed by atoms with Crippen LogP contribution >= 0.6 is 23.4 Å². The molecule has 1 unspecified atom stereocenters. The third-order valence-electron chi connectivity index (χ3n) is 6.69. The number of alkyl halides is 3. The van der Waals surface area contributed by atoms with Gasteiger partial charge in [0.25, 0.3) is 5.91 Å². The fourth-order valence-electron chi connectivity index (χ4n) is 4.69. The van der Waals surface area contributed by atoms with Crippen LogP contribution in [0.2, 0.25) is 5.02 Å². The zero-order chi connectivity index (χ0) is 25.9. The molecule has 3 aromatic rings. The Labute approximate surface area is 213 Å². The maximum atomic E-state index is 14.5. The van der Waals surface area contributed by atoms with Gasteiger partial charge in [0, 0.05) is 33.5 Å². The van der Waals surface area contributed by atoms with E-state index in [0.29, 0.717) is 26.8 Å². The zero-order valence-electron chi connectivity index (χ0n) is 19.1. The predicted octanol–water partition coefficient (Wildman–Crippen LogP) is 5.65. The second-order valence-electron chi connectivity index (χ2n) is 8.75. The molecule has 0 radical (unpaired) electrons. The minimum absolute atomic E-state index is 0.0281. The van der Waals surface area contributed by atoms with E-state index in [-0.39, 0.29) is 11.3 Å². The molecule has 11 heteroatoms. The maximum Gasteiger partial charge on any atom is 0.408 e. The number of aromatic nitrogens is 1. The van der Waals surface area contributed by atoms with E-state index in [1.54, 1.807) is 29.3 Å². The number of hydrogen-bond acceptors (Lipinski definition) is 4. The van der Waals surface area contributed by atoms with Crippen LogP contribution in [-0.2, 0) is 5.75 Å². The van der Waals surface area contributed by atoms with E-state index in [1.165, 1.54) is 47.8 Å². The lowest BCUT2D eigenvalue weighted by atomic mass is 9.94. The summed E-state index contributed by atoms with van der Waals surface area (Å²) >= 11 is 7.98. The van der Waals surface area contributed by atoms with Crippen molar-refractivity contribution in [3.8, 4) is 0 Å². The van der Waals surface area contributed by atoms with E-state index in [4.69, 9.17) is 11.6 Å². The van der Waals surface area contributed by atoms with Gasteiger partial charge in [0.15, 0.2) is 5.43 Å². The van der Waals surface area contributed by atoms with Gasteiger partial charge >= 0.3 is 6.18 Å². The Bertz CT molecular complexity index is 1440. The standard InChI is InChI=1S/C25H20ClF4N3O2S/c1-13-20(34)8-9-32-22(13)24(35)31(14(2)25(28,29)30)12-33(32)23-16-4-3-5-19(26)18(16)11-36-21-7-6-15(27)10-17(21)23/h3-10,14,23H,11-12H2,1-2H3/t14?,23-/m0/s1. The van der Waals surface area contributed by atoms with Crippen LogP contribution in [0.1, 0.15) is 45.7 Å². The zero-order valence-corrected chi connectivity index (χ0v) is 20.7. The molecule has 0 N–H and O–H groups in total. The summed E-state index contributed by atoms with van der Waals surface area (Å²) in [5, 5.41) is 2.04. The third kappa shape index (κ3) is 3.96. The Kier molecular flexibility index (Phi) is 6.07. The van der Waals surface area contributed by atoms with Gasteiger partial charge in [0.1, 0.15) is 24.2 Å². The molecule has 0 saturated heterocycles. The van der Waals surface area contributed by atoms with Crippen LogP contribution in [0.25, 0.3) is 0 Å². The molecule has 5 nitrogen and oxygen atoms in total. The minimum Gasteiger partial charge on any atom is -0.306 e. The number of halogens is 5. The molecule has 0 aliphatic carbocycles. The van der Waals surface area contributed by atoms with Crippen LogP contribution < -0.4 is 10.4 Å². The molecule has 0 bridgehead atoms. The largest absolute Gasteiger partial charge is 0.408 e. The molecule has 2 aliphatic heterocycles. The quantitative estimate of drug-likeness (QED) is 0.397. The van der Waals surface area contributed by atoms with Gasteiger partial charge in [-0.3, -0.25) is 19.3 Å². The number of carbonyl (C=O) groups excluding carboxylic acids is 1. The molecular formula is C25H20ClF4N3O2S. The maximum absolute atomic E-state index is 14.5. The summed E-state index contributed by atoms with van der Waals surface area (Å²) < 4.78 is 57.4. The SMILES string of the molecule is Cc1c2n(ccc1=O)N([C@@H]1c3cc(F)ccc3SCc3c(Cl)cccc31)CN(C(C)C(F)(F)F)C2=O. The van der Waals surface area contributed by atoms with Crippen molar-refractivity contribution in [3.63, 3.8) is 0 Å². The average Bonchev–Trinajstić information content (AvgIpc) is 2.98. The molecular weight excluding hydrogens is 518 g/mol. The van der Waals surface area contributed by atoms with Crippen molar-refractivity contribution >= 4 is 29.3 Å². The summed E-state index contributed by atoms with van der Waals surface area (Å²) in [5.41, 5.74) is 1.36. The van der Waals surface area contributed by atoms with Crippen LogP contribution in [0.4, 0.5) is 17.6 Å². The van der Waals surface area contributed by atoms with Crippen molar-refractivity contribution in [1.29, 1.82) is 0 Å². The Morgan fingerprint density at radius 3 is 2.58 bits per heavy atom. The van der Waals surface area contributed by atoms with Crippen molar-refractivity contribution in [2.24, 2.45) is 0 Å². The highest BCUT2D eigenvalue weighted by molar-refractivity contribution is 7.98. The molecule has 2 atom stereocenters. The number of rotatable bonds is 2. The van der Waals surface area contributed by atoms with Crippen molar-refractivity contribution in [2.45, 2.75) is 42.8 Å². The molecule has 5 rings (SSSR count). The summed E-state index contributed by atoms with van der Waals surface area (Å²) in [7, 11) is 0. The van der Waals surface area contributed by atoms with Crippen LogP contribution in [-0.4, -0.2) is 34.4 Å². The molecule has 2 aliphatic rings. The van der Waals surface area contributed by atoms with Gasteiger partial charge in [-0.25, -0.2) is 4.39 Å². The number of fused-ring (bicyclic) bond motifs is 3. The number of carbonyl (C=O) groups is 1. The summed E-state index contributed by atoms with van der Waals surface area (Å²) in [4.78, 5) is 27.2. The first-order valence-corrected chi connectivity index (χ1v) is 12.4. The summed E-state index contributed by atoms with van der Waals surface area (Å²) in [5.74, 6) is -0.940. The predicted molar refractivity (Wildman–Crippen MR) is 129 cm³/mol. The summed E-state index contributed by atoms with van der Waals surface area (Å²) in [6.45, 7) is 1.86. The fraction of sp³-hybridized carbons (Fsp3) is 0.280. The van der Waals surface area contributed by atoms with Crippen LogP contribution in [0, 0.1) is 12.7 Å². The van der Waals surface area contributed by atoms with Gasteiger partial charge in [-0.1, -0.05) is 23.7 Å². The van der Waals surface area contributed by atoms with Gasteiger partial charge in [-0.15, -0.1) is 11.8 Å². The fourth-order valence-corrected chi connectivity index (χ4v) is 6.14. The van der Waals surface area contributed by atoms with Gasteiger partial charge in [0.2, 0.25) is 0 Å². The molecule has 1 aromatic heterocycles. The van der Waals surface area contributed by atoms with Gasteiger partial charge in [-0.05, 0) is 54.8 Å². The van der Waals surface area contributed by atoms with E-state index in [2.05, 4.69) is 0 Å². The Morgan fingerprint density at radius 2 is 1.86 bits per heavy atom. The van der Waals surface area contributed by atoms with Crippen molar-refractivity contribution < 1.29 is 22.4 Å². The first kappa shape index (κ1) is 24.7. The number of amides is 1. The van der Waals surface area contributed by atoms with Gasteiger partial charge < -0.3 is 4.90 Å². The van der Waals surface area contributed by atoms with Gasteiger partial charge in [-0.2, -0.15) is 13.2 Å². The van der Waals surface area contributed by atoms with Crippen LogP contribution in [0.5, 0.6) is 0 Å². The first-order chi connectivity index (χ1) is 17.0. The lowest BCUT2D eigenvalue weighted by Gasteiger charge is -2.46. The molecule has 2 aromatic carbocycles. The number of nitrogens with zero attached hydrogens (tertiary/aromatic N) is 3. The number of thioether (sulfide) groups is 1. The highest BCUT2D eigenvalue weighted by atomic mass is 35.5. The van der Waals surface area contributed by atoms with Crippen molar-refractivity contribution in [3.05, 3.63) is 97.7 Å². The van der Waals surface area contributed by atoms with Crippen molar-refractivity contribution in [2.75, 3.05) is 11.7 Å². The second-order valence-corrected chi connectivity index (χ2v) is 10.2. The highest BCUT2D eigenvalue weighted by Crippen LogP contribution is 2.45. The van der Waals surface area contributed by atoms with E-state index < -0.39 is 42.1 Å². The molecule has 188 valence electrons. The summed E-state index contributed by atoms with van der Waals surface area (Å²) in [6.07, 6.45) is -3.32. The van der Waals surface area contributed by atoms with Gasteiger partial charge in [0.05, 0.1) is 6.04 Å². The monoisotopic (exact) mass is 537 g/mol. The molecule has 0 spiro atoms. The minimum atomic E-state index is -4.70. The van der Waals surface area contributed by atoms with E-state index >= 15 is 0 Å². The number of benzene rings is 2. The normalized spacial score (nSPS) is 18.3. The smallest absolute Gasteiger partial charge is 0.306 e. The van der Waals surface area contributed by atoms with Crippen LogP contribution in [0.15, 0.2) is 58.4 Å². The van der Waals surface area contributed by atoms with Crippen LogP contribution in [0.3, 0.4) is 0 Å². The average molecular weight is 538 g/mol. The van der Waals surface area contributed by atoms with E-state index in [0.717, 1.165) is 17.4 Å². The molecule has 3 heterocycles. The molecule has 36 heavy (non-hydrogen) atoms. The number of pyridine rings is 1. The highest BCUT2D eigenvalue weighted by Gasteiger charge is 2.47.